The van der Waals surface area contributed by atoms with Crippen molar-refractivity contribution in [2.24, 2.45) is 0 Å². The van der Waals surface area contributed by atoms with Crippen LogP contribution in [0, 0.1) is 0 Å². The second-order valence-corrected chi connectivity index (χ2v) is 15.5. The molecular formula is C22H24F2N10O9PS2-. The third-order valence-corrected chi connectivity index (χ3v) is 11.1. The molecule has 4 aromatic rings. The first-order valence-electron chi connectivity index (χ1n) is 13.5. The summed E-state index contributed by atoms with van der Waals surface area (Å²) in [4.78, 5) is 47.7. The van der Waals surface area contributed by atoms with Crippen LogP contribution in [0.25, 0.3) is 22.3 Å². The number of imidazole rings is 2. The maximum absolute atomic E-state index is 16.1. The fraction of sp³-hybridized carbons (Fsp3) is 0.545. The predicted molar refractivity (Wildman–Crippen MR) is 153 cm³/mol. The van der Waals surface area contributed by atoms with Gasteiger partial charge in [-0.25, -0.2) is 28.7 Å². The van der Waals surface area contributed by atoms with Gasteiger partial charge in [0.05, 0.1) is 30.6 Å². The smallest absolute Gasteiger partial charge is 0.280 e. The second-order valence-electron chi connectivity index (χ2n) is 10.8. The molecule has 3 aliphatic rings. The number of nitrogens with zero attached hydrogens (tertiary/aromatic N) is 7. The van der Waals surface area contributed by atoms with Crippen molar-refractivity contribution in [1.82, 2.24) is 39.0 Å². The number of fused-ring (bicyclic) bond motifs is 4. The number of anilines is 2. The molecule has 0 aliphatic carbocycles. The fourth-order valence-electron chi connectivity index (χ4n) is 5.63. The maximum Gasteiger partial charge on any atom is 0.280 e. The number of ether oxygens (including phenoxy) is 2. The number of hydrogen-bond acceptors (Lipinski definition) is 17. The van der Waals surface area contributed by atoms with Crippen molar-refractivity contribution in [3.63, 3.8) is 0 Å². The van der Waals surface area contributed by atoms with Gasteiger partial charge in [-0.05, 0) is 13.3 Å². The Labute approximate surface area is 261 Å². The van der Waals surface area contributed by atoms with E-state index in [9.17, 15) is 18.1 Å². The Hall–Kier alpha value is -3.28. The molecule has 24 heteroatoms. The minimum Gasteiger partial charge on any atom is -0.780 e. The van der Waals surface area contributed by atoms with E-state index in [0.29, 0.717) is 0 Å². The van der Waals surface area contributed by atoms with Gasteiger partial charge in [-0.2, -0.15) is 13.4 Å². The van der Waals surface area contributed by atoms with Gasteiger partial charge in [0.15, 0.2) is 47.4 Å². The molecule has 7 rings (SSSR count). The summed E-state index contributed by atoms with van der Waals surface area (Å²) in [6.07, 6.45) is -10.9. The molecule has 3 saturated heterocycles. The van der Waals surface area contributed by atoms with Gasteiger partial charge in [0.25, 0.3) is 15.7 Å². The van der Waals surface area contributed by atoms with Gasteiger partial charge in [-0.1, -0.05) is 11.8 Å². The number of rotatable bonds is 2. The molecule has 10 atom stereocenters. The highest BCUT2D eigenvalue weighted by molar-refractivity contribution is 8.06. The van der Waals surface area contributed by atoms with Gasteiger partial charge in [0.1, 0.15) is 36.9 Å². The number of aromatic amines is 1. The zero-order valence-electron chi connectivity index (χ0n) is 23.3. The van der Waals surface area contributed by atoms with Gasteiger partial charge >= 0.3 is 0 Å². The lowest BCUT2D eigenvalue weighted by atomic mass is 10.1. The molecule has 0 bridgehead atoms. The van der Waals surface area contributed by atoms with Gasteiger partial charge in [0.2, 0.25) is 5.95 Å². The first-order chi connectivity index (χ1) is 21.7. The number of nitrogens with one attached hydrogen (secondary N) is 1. The molecule has 4 aromatic heterocycles. The van der Waals surface area contributed by atoms with Crippen molar-refractivity contribution in [1.29, 1.82) is 0 Å². The first kappa shape index (κ1) is 31.3. The average Bonchev–Trinajstić information content (AvgIpc) is 3.74. The number of aromatic nitrogens is 8. The Morgan fingerprint density at radius 3 is 2.41 bits per heavy atom. The van der Waals surface area contributed by atoms with E-state index in [-0.39, 0.29) is 34.1 Å². The number of H-pyrrole nitrogens is 1. The number of nitrogens with two attached hydrogens (primary N) is 2. The fourth-order valence-corrected chi connectivity index (χ4v) is 8.20. The van der Waals surface area contributed by atoms with E-state index in [4.69, 9.17) is 46.0 Å². The Bertz CT molecular complexity index is 2050. The predicted octanol–water partition coefficient (Wildman–Crippen LogP) is -0.911. The Balaban J connectivity index is 1.20. The molecule has 0 aromatic carbocycles. The van der Waals surface area contributed by atoms with Crippen LogP contribution >= 0.6 is 6.72 Å². The molecule has 248 valence electrons. The van der Waals surface area contributed by atoms with Gasteiger partial charge in [-0.15, -0.1) is 0 Å². The molecule has 19 nitrogen and oxygen atoms in total. The van der Waals surface area contributed by atoms with Crippen molar-refractivity contribution >= 4 is 62.7 Å². The topological polar surface area (TPSA) is 263 Å². The van der Waals surface area contributed by atoms with Crippen molar-refractivity contribution in [3.8, 4) is 0 Å². The molecule has 5 N–H and O–H groups in total. The number of halogens is 2. The van der Waals surface area contributed by atoms with E-state index in [1.165, 1.54) is 17.8 Å². The molecule has 0 amide bonds. The Morgan fingerprint density at radius 1 is 1.02 bits per heavy atom. The van der Waals surface area contributed by atoms with Crippen molar-refractivity contribution in [2.75, 3.05) is 18.1 Å². The molecule has 3 aliphatic heterocycles. The summed E-state index contributed by atoms with van der Waals surface area (Å²) in [5, 5.41) is -1.43. The summed E-state index contributed by atoms with van der Waals surface area (Å²) >= 11 is 5.05. The number of alkyl halides is 2. The van der Waals surface area contributed by atoms with Crippen LogP contribution in [-0.2, 0) is 44.6 Å². The van der Waals surface area contributed by atoms with Crippen LogP contribution in [0.3, 0.4) is 0 Å². The molecular weight excluding hydrogens is 681 g/mol. The minimum absolute atomic E-state index is 0.0247. The summed E-state index contributed by atoms with van der Waals surface area (Å²) in [5.74, 6) is -0.268. The van der Waals surface area contributed by atoms with E-state index in [0.717, 1.165) is 17.2 Å². The number of hydrogen-bond donors (Lipinski definition) is 3. The van der Waals surface area contributed by atoms with E-state index in [1.807, 2.05) is 0 Å². The summed E-state index contributed by atoms with van der Waals surface area (Å²) in [5.41, 5.74) is 10.7. The monoisotopic (exact) mass is 705 g/mol. The third-order valence-electron chi connectivity index (χ3n) is 7.87. The molecule has 3 fully saturated rings. The molecule has 7 heterocycles. The van der Waals surface area contributed by atoms with Gasteiger partial charge in [-0.3, -0.25) is 23.1 Å². The largest absolute Gasteiger partial charge is 0.780 e. The van der Waals surface area contributed by atoms with E-state index >= 15 is 8.78 Å². The highest BCUT2D eigenvalue weighted by atomic mass is 32.5. The summed E-state index contributed by atoms with van der Waals surface area (Å²) in [6.45, 7) is -4.12. The Kier molecular flexibility index (Phi) is 7.60. The van der Waals surface area contributed by atoms with Crippen LogP contribution in [0.15, 0.2) is 23.8 Å². The van der Waals surface area contributed by atoms with Crippen LogP contribution in [-0.4, -0.2) is 96.1 Å². The van der Waals surface area contributed by atoms with E-state index in [1.54, 1.807) is 0 Å². The first-order valence-corrected chi connectivity index (χ1v) is 17.6. The standard InChI is InChI=1S/C22H25F2N10O9PS2/c1-7-2-8-14(10(23)20(40-8)33-5-29-12-16(25)27-4-28-17(12)33)42-44(36,45)39-3-9-15(43-46(7,37)38)11(24)21(41-9)34-6-30-13-18(34)31-22(26)32-19(13)35/h4-11,14-15,20-21H,2-3H2,1H3,(H,36,45)(H2,25,27,28)(H3,26,31,32,35)/p-1/t7?,8-,9-,10-,11-,14-,15-,20-,21-,44?/m1/s1. The summed E-state index contributed by atoms with van der Waals surface area (Å²) < 4.78 is 89.0. The lowest BCUT2D eigenvalue weighted by molar-refractivity contribution is -0.216. The number of nitrogen functional groups attached to an aromatic ring is 2. The molecule has 0 radical (unpaired) electrons. The van der Waals surface area contributed by atoms with Gasteiger partial charge in [0, 0.05) is 0 Å². The SMILES string of the molecule is CC1C[C@H]2O[C@@H](n3cnc4c(N)ncnc43)[C@H](F)[C@@H]2OP([O-])(=S)OC[C@H]2O[C@@H](n3cnc4c(=O)[nH]c(N)nc43)[C@H](F)[C@@H]2OS1(=O)=O. The third kappa shape index (κ3) is 5.24. The lowest BCUT2D eigenvalue weighted by Gasteiger charge is -2.35. The van der Waals surface area contributed by atoms with Crippen molar-refractivity contribution in [3.05, 3.63) is 29.3 Å². The van der Waals surface area contributed by atoms with Crippen LogP contribution in [0.2, 0.25) is 0 Å². The molecule has 0 saturated carbocycles. The minimum atomic E-state index is -4.62. The second kappa shape index (κ2) is 11.2. The summed E-state index contributed by atoms with van der Waals surface area (Å²) in [6, 6.07) is 0. The van der Waals surface area contributed by atoms with Crippen LogP contribution in [0.1, 0.15) is 25.8 Å². The summed E-state index contributed by atoms with van der Waals surface area (Å²) in [7, 11) is -4.62. The Morgan fingerprint density at radius 2 is 1.67 bits per heavy atom. The van der Waals surface area contributed by atoms with Crippen molar-refractivity contribution < 1.29 is 44.8 Å². The maximum atomic E-state index is 16.1. The highest BCUT2D eigenvalue weighted by Crippen LogP contribution is 2.49. The molecule has 2 unspecified atom stereocenters. The average molecular weight is 706 g/mol. The van der Waals surface area contributed by atoms with Crippen LogP contribution < -0.4 is 21.9 Å². The quantitative estimate of drug-likeness (QED) is 0.168. The van der Waals surface area contributed by atoms with E-state index < -0.39 is 89.9 Å². The lowest BCUT2D eigenvalue weighted by Crippen LogP contribution is -2.42. The van der Waals surface area contributed by atoms with E-state index in [2.05, 4.69) is 29.9 Å². The zero-order valence-corrected chi connectivity index (χ0v) is 25.8. The van der Waals surface area contributed by atoms with Crippen LogP contribution in [0.4, 0.5) is 20.5 Å². The molecule has 46 heavy (non-hydrogen) atoms. The van der Waals surface area contributed by atoms with Crippen LogP contribution in [0.5, 0.6) is 0 Å². The van der Waals surface area contributed by atoms with Crippen molar-refractivity contribution in [2.45, 2.75) is 67.8 Å². The molecule has 0 spiro atoms. The highest BCUT2D eigenvalue weighted by Gasteiger charge is 2.53. The zero-order chi connectivity index (χ0) is 32.7. The van der Waals surface area contributed by atoms with Gasteiger partial charge < -0.3 is 34.9 Å². The normalized spacial score (nSPS) is 36.7.